The SMILES string of the molecule is COc1ccc(C(=O)c2cn(CC[N+]3(C)CCOCC3)c3ccccc23)c2ccccc12.[I-]. The maximum absolute atomic E-state index is 13.8. The monoisotopic (exact) mass is 556 g/mol. The van der Waals surface area contributed by atoms with E-state index in [0.29, 0.717) is 5.56 Å². The lowest BCUT2D eigenvalue weighted by Crippen LogP contribution is -3.00. The molecular formula is C27H29IN2O3. The zero-order valence-electron chi connectivity index (χ0n) is 19.1. The van der Waals surface area contributed by atoms with Crippen molar-refractivity contribution < 1.29 is 42.7 Å². The molecule has 1 aromatic heterocycles. The Labute approximate surface area is 211 Å². The first kappa shape index (κ1) is 23.7. The number of methoxy groups -OCH3 is 1. The largest absolute Gasteiger partial charge is 1.00 e. The quantitative estimate of drug-likeness (QED) is 0.206. The van der Waals surface area contributed by atoms with Crippen molar-refractivity contribution in [3.63, 3.8) is 0 Å². The highest BCUT2D eigenvalue weighted by atomic mass is 127. The minimum Gasteiger partial charge on any atom is -1.00 e. The molecule has 6 heteroatoms. The Bertz CT molecular complexity index is 1290. The van der Waals surface area contributed by atoms with E-state index in [4.69, 9.17) is 9.47 Å². The second kappa shape index (κ2) is 9.83. The summed E-state index contributed by atoms with van der Waals surface area (Å²) >= 11 is 0. The number of halogens is 1. The van der Waals surface area contributed by atoms with E-state index in [1.165, 1.54) is 0 Å². The van der Waals surface area contributed by atoms with Crippen LogP contribution in [0.1, 0.15) is 15.9 Å². The molecule has 0 spiro atoms. The number of hydrogen-bond acceptors (Lipinski definition) is 3. The number of carbonyl (C=O) groups excluding carboxylic acids is 1. The lowest BCUT2D eigenvalue weighted by atomic mass is 9.96. The summed E-state index contributed by atoms with van der Waals surface area (Å²) in [7, 11) is 3.96. The Morgan fingerprint density at radius 3 is 2.33 bits per heavy atom. The number of ether oxygens (including phenoxy) is 2. The first-order chi connectivity index (χ1) is 15.6. The molecule has 2 heterocycles. The molecule has 1 aliphatic rings. The van der Waals surface area contributed by atoms with Crippen molar-refractivity contribution in [3.05, 3.63) is 78.0 Å². The maximum atomic E-state index is 13.8. The molecule has 33 heavy (non-hydrogen) atoms. The van der Waals surface area contributed by atoms with Gasteiger partial charge in [0.25, 0.3) is 0 Å². The Morgan fingerprint density at radius 1 is 0.939 bits per heavy atom. The number of quaternary nitrogens is 1. The smallest absolute Gasteiger partial charge is 0.195 e. The van der Waals surface area contributed by atoms with Gasteiger partial charge in [0.1, 0.15) is 18.8 Å². The van der Waals surface area contributed by atoms with Crippen molar-refractivity contribution in [1.29, 1.82) is 0 Å². The van der Waals surface area contributed by atoms with Crippen LogP contribution in [0.5, 0.6) is 5.75 Å². The summed E-state index contributed by atoms with van der Waals surface area (Å²) < 4.78 is 14.3. The van der Waals surface area contributed by atoms with E-state index < -0.39 is 0 Å². The van der Waals surface area contributed by atoms with Gasteiger partial charge in [-0.2, -0.15) is 0 Å². The second-order valence-corrected chi connectivity index (χ2v) is 8.85. The average molecular weight is 556 g/mol. The van der Waals surface area contributed by atoms with Crippen molar-refractivity contribution in [2.24, 2.45) is 0 Å². The minimum absolute atomic E-state index is 0. The highest BCUT2D eigenvalue weighted by molar-refractivity contribution is 6.21. The molecule has 1 fully saturated rings. The molecule has 0 radical (unpaired) electrons. The molecule has 172 valence electrons. The number of nitrogens with zero attached hydrogens (tertiary/aromatic N) is 2. The van der Waals surface area contributed by atoms with Crippen molar-refractivity contribution in [1.82, 2.24) is 4.57 Å². The van der Waals surface area contributed by atoms with Gasteiger partial charge in [-0.05, 0) is 23.6 Å². The van der Waals surface area contributed by atoms with Gasteiger partial charge in [0.05, 0.1) is 40.5 Å². The summed E-state index contributed by atoms with van der Waals surface area (Å²) in [6.45, 7) is 5.58. The molecule has 0 atom stereocenters. The van der Waals surface area contributed by atoms with Crippen LogP contribution in [-0.2, 0) is 11.3 Å². The molecule has 0 aliphatic carbocycles. The fourth-order valence-electron chi connectivity index (χ4n) is 4.76. The van der Waals surface area contributed by atoms with E-state index in [0.717, 1.165) is 76.9 Å². The minimum atomic E-state index is 0. The molecule has 1 aliphatic heterocycles. The zero-order valence-corrected chi connectivity index (χ0v) is 21.2. The van der Waals surface area contributed by atoms with Crippen molar-refractivity contribution >= 4 is 27.5 Å². The Morgan fingerprint density at radius 2 is 1.61 bits per heavy atom. The summed E-state index contributed by atoms with van der Waals surface area (Å²) in [4.78, 5) is 13.8. The highest BCUT2D eigenvalue weighted by Gasteiger charge is 2.26. The summed E-state index contributed by atoms with van der Waals surface area (Å²) in [6, 6.07) is 19.9. The van der Waals surface area contributed by atoms with Crippen molar-refractivity contribution in [2.75, 3.05) is 47.0 Å². The van der Waals surface area contributed by atoms with Crippen LogP contribution in [0.2, 0.25) is 0 Å². The number of aromatic nitrogens is 1. The van der Waals surface area contributed by atoms with Crippen LogP contribution in [0.25, 0.3) is 21.7 Å². The predicted molar refractivity (Wildman–Crippen MR) is 127 cm³/mol. The molecule has 0 saturated carbocycles. The third-order valence-corrected chi connectivity index (χ3v) is 6.81. The van der Waals surface area contributed by atoms with E-state index in [1.54, 1.807) is 7.11 Å². The predicted octanol–water partition coefficient (Wildman–Crippen LogP) is 1.51. The Balaban J connectivity index is 0.00000259. The number of fused-ring (bicyclic) bond motifs is 2. The Hall–Kier alpha value is -2.42. The first-order valence-electron chi connectivity index (χ1n) is 11.2. The highest BCUT2D eigenvalue weighted by Crippen LogP contribution is 2.31. The molecule has 0 amide bonds. The van der Waals surface area contributed by atoms with Gasteiger partial charge in [-0.3, -0.25) is 4.79 Å². The average Bonchev–Trinajstić information content (AvgIpc) is 3.21. The topological polar surface area (TPSA) is 40.5 Å². The number of hydrogen-bond donors (Lipinski definition) is 0. The number of ketones is 1. The molecule has 1 saturated heterocycles. The molecule has 3 aromatic carbocycles. The first-order valence-corrected chi connectivity index (χ1v) is 11.2. The lowest BCUT2D eigenvalue weighted by molar-refractivity contribution is -0.917. The van der Waals surface area contributed by atoms with Crippen LogP contribution in [0.3, 0.4) is 0 Å². The van der Waals surface area contributed by atoms with Crippen molar-refractivity contribution in [2.45, 2.75) is 6.54 Å². The van der Waals surface area contributed by atoms with Gasteiger partial charge >= 0.3 is 0 Å². The van der Waals surface area contributed by atoms with Crippen LogP contribution in [0.4, 0.5) is 0 Å². The van der Waals surface area contributed by atoms with Gasteiger partial charge < -0.3 is 42.5 Å². The van der Waals surface area contributed by atoms with Crippen LogP contribution < -0.4 is 28.7 Å². The standard InChI is InChI=1S/C27H29N2O3.HI/c1-29(15-17-32-18-16-29)14-13-28-19-24(21-8-5-6-10-25(21)28)27(30)23-11-12-26(31-2)22-9-4-3-7-20(22)23;/h3-12,19H,13-18H2,1-2H3;1H/q+1;/p-1. The van der Waals surface area contributed by atoms with E-state index in [9.17, 15) is 4.79 Å². The number of benzene rings is 3. The molecule has 5 nitrogen and oxygen atoms in total. The summed E-state index contributed by atoms with van der Waals surface area (Å²) in [5.74, 6) is 0.827. The van der Waals surface area contributed by atoms with E-state index >= 15 is 0 Å². The molecule has 4 aromatic rings. The molecule has 5 rings (SSSR count). The number of rotatable bonds is 6. The third kappa shape index (κ3) is 4.52. The Kier molecular flexibility index (Phi) is 7.07. The van der Waals surface area contributed by atoms with Gasteiger partial charge in [0.2, 0.25) is 0 Å². The van der Waals surface area contributed by atoms with Crippen LogP contribution in [0.15, 0.2) is 66.9 Å². The van der Waals surface area contributed by atoms with Gasteiger partial charge in [-0.25, -0.2) is 0 Å². The zero-order chi connectivity index (χ0) is 22.1. The maximum Gasteiger partial charge on any atom is 0.195 e. The van der Waals surface area contributed by atoms with Crippen LogP contribution in [0, 0.1) is 0 Å². The second-order valence-electron chi connectivity index (χ2n) is 8.85. The summed E-state index contributed by atoms with van der Waals surface area (Å²) in [5.41, 5.74) is 2.56. The van der Waals surface area contributed by atoms with Gasteiger partial charge in [0, 0.05) is 33.6 Å². The lowest BCUT2D eigenvalue weighted by Gasteiger charge is -2.37. The van der Waals surface area contributed by atoms with Gasteiger partial charge in [-0.1, -0.05) is 42.5 Å². The van der Waals surface area contributed by atoms with Gasteiger partial charge in [0.15, 0.2) is 5.78 Å². The molecule has 0 unspecified atom stereocenters. The number of morpholine rings is 1. The third-order valence-electron chi connectivity index (χ3n) is 6.81. The van der Waals surface area contributed by atoms with E-state index in [2.05, 4.69) is 23.7 Å². The number of para-hydroxylation sites is 1. The number of likely N-dealkylation sites (N-methyl/N-ethyl adjacent to an activating group) is 1. The molecule has 0 N–H and O–H groups in total. The number of carbonyl (C=O) groups is 1. The molecular weight excluding hydrogens is 527 g/mol. The normalized spacial score (nSPS) is 15.3. The molecule has 0 bridgehead atoms. The van der Waals surface area contributed by atoms with E-state index in [1.807, 2.05) is 54.7 Å². The van der Waals surface area contributed by atoms with Crippen LogP contribution in [-0.4, -0.2) is 61.8 Å². The van der Waals surface area contributed by atoms with Gasteiger partial charge in [-0.15, -0.1) is 0 Å². The fraction of sp³-hybridized carbons (Fsp3) is 0.296. The van der Waals surface area contributed by atoms with Crippen molar-refractivity contribution in [3.8, 4) is 5.75 Å². The summed E-state index contributed by atoms with van der Waals surface area (Å²) in [6.07, 6.45) is 2.04. The van der Waals surface area contributed by atoms with Crippen LogP contribution >= 0.6 is 0 Å². The summed E-state index contributed by atoms with van der Waals surface area (Å²) in [5, 5.41) is 2.87. The van der Waals surface area contributed by atoms with E-state index in [-0.39, 0.29) is 29.8 Å². The fourth-order valence-corrected chi connectivity index (χ4v) is 4.76.